The SMILES string of the molecule is CCc1nc(CN2CCOCC2C(=O)O)no1. The van der Waals surface area contributed by atoms with Crippen molar-refractivity contribution < 1.29 is 19.2 Å². The molecule has 7 nitrogen and oxygen atoms in total. The van der Waals surface area contributed by atoms with Crippen LogP contribution in [0.3, 0.4) is 0 Å². The molecule has 0 bridgehead atoms. The summed E-state index contributed by atoms with van der Waals surface area (Å²) in [5, 5.41) is 12.9. The Morgan fingerprint density at radius 1 is 1.65 bits per heavy atom. The standard InChI is InChI=1S/C10H15N3O4/c1-2-9-11-8(12-17-9)5-13-3-4-16-6-7(13)10(14)15/h7H,2-6H2,1H3,(H,14,15). The molecule has 2 rings (SSSR count). The van der Waals surface area contributed by atoms with Gasteiger partial charge in [0.25, 0.3) is 0 Å². The molecule has 7 heteroatoms. The van der Waals surface area contributed by atoms with Crippen molar-refractivity contribution in [2.75, 3.05) is 19.8 Å². The van der Waals surface area contributed by atoms with Gasteiger partial charge in [0.15, 0.2) is 5.82 Å². The first-order valence-electron chi connectivity index (χ1n) is 5.56. The van der Waals surface area contributed by atoms with Gasteiger partial charge in [-0.3, -0.25) is 9.69 Å². The predicted octanol–water partition coefficient (Wildman–Crippen LogP) is -0.0826. The maximum absolute atomic E-state index is 11.0. The van der Waals surface area contributed by atoms with E-state index in [4.69, 9.17) is 14.4 Å². The Labute approximate surface area is 98.4 Å². The third kappa shape index (κ3) is 2.80. The molecule has 1 saturated heterocycles. The third-order valence-electron chi connectivity index (χ3n) is 2.68. The Morgan fingerprint density at radius 2 is 2.47 bits per heavy atom. The second-order valence-electron chi connectivity index (χ2n) is 3.86. The lowest BCUT2D eigenvalue weighted by atomic mass is 10.2. The van der Waals surface area contributed by atoms with E-state index in [2.05, 4.69) is 10.1 Å². The van der Waals surface area contributed by atoms with Crippen molar-refractivity contribution in [2.45, 2.75) is 25.9 Å². The lowest BCUT2D eigenvalue weighted by Gasteiger charge is -2.31. The molecule has 0 radical (unpaired) electrons. The van der Waals surface area contributed by atoms with Gasteiger partial charge in [-0.25, -0.2) is 0 Å². The fourth-order valence-electron chi connectivity index (χ4n) is 1.73. The van der Waals surface area contributed by atoms with Gasteiger partial charge in [-0.05, 0) is 0 Å². The molecule has 0 saturated carbocycles. The van der Waals surface area contributed by atoms with Crippen molar-refractivity contribution in [1.29, 1.82) is 0 Å². The van der Waals surface area contributed by atoms with Crippen molar-refractivity contribution in [1.82, 2.24) is 15.0 Å². The summed E-state index contributed by atoms with van der Waals surface area (Å²) < 4.78 is 10.1. The topological polar surface area (TPSA) is 88.7 Å². The van der Waals surface area contributed by atoms with E-state index >= 15 is 0 Å². The van der Waals surface area contributed by atoms with Crippen LogP contribution in [0.25, 0.3) is 0 Å². The van der Waals surface area contributed by atoms with Crippen LogP contribution in [-0.4, -0.2) is 51.9 Å². The molecule has 0 amide bonds. The van der Waals surface area contributed by atoms with Gasteiger partial charge in [0.05, 0.1) is 19.8 Å². The van der Waals surface area contributed by atoms with Crippen LogP contribution in [0, 0.1) is 0 Å². The smallest absolute Gasteiger partial charge is 0.323 e. The highest BCUT2D eigenvalue weighted by Gasteiger charge is 2.30. The average molecular weight is 241 g/mol. The lowest BCUT2D eigenvalue weighted by Crippen LogP contribution is -2.49. The summed E-state index contributed by atoms with van der Waals surface area (Å²) in [6.07, 6.45) is 0.679. The summed E-state index contributed by atoms with van der Waals surface area (Å²) in [5.41, 5.74) is 0. The molecule has 1 aromatic heterocycles. The van der Waals surface area contributed by atoms with Gasteiger partial charge in [-0.15, -0.1) is 0 Å². The van der Waals surface area contributed by atoms with Gasteiger partial charge in [-0.2, -0.15) is 4.98 Å². The Hall–Kier alpha value is -1.47. The zero-order valence-corrected chi connectivity index (χ0v) is 9.63. The van der Waals surface area contributed by atoms with Crippen LogP contribution in [-0.2, 0) is 22.5 Å². The van der Waals surface area contributed by atoms with Gasteiger partial charge in [0.1, 0.15) is 6.04 Å². The minimum absolute atomic E-state index is 0.202. The summed E-state index contributed by atoms with van der Waals surface area (Å²) in [6.45, 7) is 3.60. The Morgan fingerprint density at radius 3 is 3.12 bits per heavy atom. The Balaban J connectivity index is 2.02. The fraction of sp³-hybridized carbons (Fsp3) is 0.700. The highest BCUT2D eigenvalue weighted by molar-refractivity contribution is 5.73. The first-order chi connectivity index (χ1) is 8.20. The molecule has 0 spiro atoms. The normalized spacial score (nSPS) is 21.6. The van der Waals surface area contributed by atoms with E-state index < -0.39 is 12.0 Å². The van der Waals surface area contributed by atoms with Crippen LogP contribution >= 0.6 is 0 Å². The maximum Gasteiger partial charge on any atom is 0.323 e. The first kappa shape index (κ1) is 12.0. The second-order valence-corrected chi connectivity index (χ2v) is 3.86. The molecule has 0 aliphatic carbocycles. The number of hydrogen-bond acceptors (Lipinski definition) is 6. The van der Waals surface area contributed by atoms with Crippen LogP contribution < -0.4 is 0 Å². The molecule has 1 unspecified atom stereocenters. The maximum atomic E-state index is 11.0. The summed E-state index contributed by atoms with van der Waals surface area (Å²) >= 11 is 0. The highest BCUT2D eigenvalue weighted by Crippen LogP contribution is 2.11. The van der Waals surface area contributed by atoms with E-state index in [1.807, 2.05) is 6.92 Å². The van der Waals surface area contributed by atoms with E-state index in [0.717, 1.165) is 0 Å². The monoisotopic (exact) mass is 241 g/mol. The molecule has 1 aromatic rings. The number of carbonyl (C=O) groups is 1. The first-order valence-corrected chi connectivity index (χ1v) is 5.56. The number of carboxylic acid groups (broad SMARTS) is 1. The van der Waals surface area contributed by atoms with Crippen molar-refractivity contribution in [2.24, 2.45) is 0 Å². The molecule has 1 fully saturated rings. The molecule has 1 atom stereocenters. The zero-order valence-electron chi connectivity index (χ0n) is 9.63. The quantitative estimate of drug-likeness (QED) is 0.788. The van der Waals surface area contributed by atoms with E-state index in [0.29, 0.717) is 37.8 Å². The zero-order chi connectivity index (χ0) is 12.3. The molecular formula is C10H15N3O4. The van der Waals surface area contributed by atoms with Crippen molar-refractivity contribution in [3.05, 3.63) is 11.7 Å². The number of carboxylic acids is 1. The summed E-state index contributed by atoms with van der Waals surface area (Å²) in [6, 6.07) is -0.632. The van der Waals surface area contributed by atoms with E-state index in [-0.39, 0.29) is 6.61 Å². The van der Waals surface area contributed by atoms with Crippen LogP contribution in [0.2, 0.25) is 0 Å². The van der Waals surface area contributed by atoms with Gasteiger partial charge in [-0.1, -0.05) is 12.1 Å². The summed E-state index contributed by atoms with van der Waals surface area (Å²) in [4.78, 5) is 17.0. The molecule has 94 valence electrons. The number of morpholine rings is 1. The van der Waals surface area contributed by atoms with E-state index in [9.17, 15) is 4.79 Å². The van der Waals surface area contributed by atoms with Gasteiger partial charge in [0.2, 0.25) is 5.89 Å². The van der Waals surface area contributed by atoms with Crippen LogP contribution in [0.4, 0.5) is 0 Å². The summed E-state index contributed by atoms with van der Waals surface area (Å²) in [7, 11) is 0. The van der Waals surface area contributed by atoms with E-state index in [1.165, 1.54) is 0 Å². The third-order valence-corrected chi connectivity index (χ3v) is 2.68. The number of aromatic nitrogens is 2. The lowest BCUT2D eigenvalue weighted by molar-refractivity contribution is -0.150. The van der Waals surface area contributed by atoms with Gasteiger partial charge in [0, 0.05) is 13.0 Å². The fourth-order valence-corrected chi connectivity index (χ4v) is 1.73. The molecular weight excluding hydrogens is 226 g/mol. The molecule has 1 aliphatic rings. The minimum atomic E-state index is -0.885. The van der Waals surface area contributed by atoms with Crippen LogP contribution in [0.5, 0.6) is 0 Å². The number of hydrogen-bond donors (Lipinski definition) is 1. The van der Waals surface area contributed by atoms with Crippen LogP contribution in [0.15, 0.2) is 4.52 Å². The molecule has 17 heavy (non-hydrogen) atoms. The minimum Gasteiger partial charge on any atom is -0.480 e. The van der Waals surface area contributed by atoms with Crippen molar-refractivity contribution in [3.63, 3.8) is 0 Å². The summed E-state index contributed by atoms with van der Waals surface area (Å²) in [5.74, 6) is 0.207. The predicted molar refractivity (Wildman–Crippen MR) is 56.3 cm³/mol. The van der Waals surface area contributed by atoms with Crippen molar-refractivity contribution in [3.8, 4) is 0 Å². The Bertz CT molecular complexity index is 393. The largest absolute Gasteiger partial charge is 0.480 e. The molecule has 1 aliphatic heterocycles. The van der Waals surface area contributed by atoms with Crippen molar-refractivity contribution >= 4 is 5.97 Å². The van der Waals surface area contributed by atoms with Gasteiger partial charge >= 0.3 is 5.97 Å². The molecule has 1 N–H and O–H groups in total. The average Bonchev–Trinajstić information content (AvgIpc) is 2.77. The number of rotatable bonds is 4. The van der Waals surface area contributed by atoms with Gasteiger partial charge < -0.3 is 14.4 Å². The number of ether oxygens (including phenoxy) is 1. The number of aryl methyl sites for hydroxylation is 1. The highest BCUT2D eigenvalue weighted by atomic mass is 16.5. The second kappa shape index (κ2) is 5.24. The Kier molecular flexibility index (Phi) is 3.70. The molecule has 2 heterocycles. The van der Waals surface area contributed by atoms with E-state index in [1.54, 1.807) is 4.90 Å². The van der Waals surface area contributed by atoms with Crippen LogP contribution in [0.1, 0.15) is 18.6 Å². The molecule has 0 aromatic carbocycles. The number of nitrogens with zero attached hydrogens (tertiary/aromatic N) is 3. The number of aliphatic carboxylic acids is 1.